The van der Waals surface area contributed by atoms with Gasteiger partial charge >= 0.3 is 6.09 Å². The van der Waals surface area contributed by atoms with Crippen LogP contribution in [0.4, 0.5) is 9.80 Å². The number of hydrogen-bond acceptors (Lipinski definition) is 4. The zero-order chi connectivity index (χ0) is 14.8. The van der Waals surface area contributed by atoms with Crippen LogP contribution in [0, 0.1) is 6.92 Å². The molecule has 0 radical (unpaired) electrons. The number of anilines is 1. The Balaban J connectivity index is 2.15. The van der Waals surface area contributed by atoms with Crippen molar-refractivity contribution in [3.63, 3.8) is 0 Å². The van der Waals surface area contributed by atoms with Crippen molar-refractivity contribution in [1.29, 1.82) is 0 Å². The highest BCUT2D eigenvalue weighted by Gasteiger charge is 2.18. The number of aryl methyl sites for hydroxylation is 1. The molecule has 1 amide bonds. The highest BCUT2D eigenvalue weighted by atomic mass is 32.1. The van der Waals surface area contributed by atoms with Crippen molar-refractivity contribution in [3.8, 4) is 10.6 Å². The lowest BCUT2D eigenvalue weighted by Gasteiger charge is -2.19. The van der Waals surface area contributed by atoms with E-state index >= 15 is 0 Å². The van der Waals surface area contributed by atoms with Gasteiger partial charge in [0.05, 0.1) is 5.69 Å². The predicted molar refractivity (Wildman–Crippen MR) is 82.1 cm³/mol. The van der Waals surface area contributed by atoms with Gasteiger partial charge in [0.1, 0.15) is 15.6 Å². The van der Waals surface area contributed by atoms with Crippen LogP contribution < -0.4 is 5.32 Å². The van der Waals surface area contributed by atoms with Gasteiger partial charge < -0.3 is 4.74 Å². The first-order valence-corrected chi connectivity index (χ1v) is 7.20. The van der Waals surface area contributed by atoms with E-state index < -0.39 is 11.7 Å². The first-order valence-electron chi connectivity index (χ1n) is 6.38. The molecule has 2 rings (SSSR count). The topological polar surface area (TPSA) is 51.2 Å². The number of aromatic nitrogens is 1. The fourth-order valence-corrected chi connectivity index (χ4v) is 2.57. The lowest BCUT2D eigenvalue weighted by molar-refractivity contribution is 0.0636. The number of carbonyl (C=O) groups is 1. The Hall–Kier alpha value is -1.88. The van der Waals surface area contributed by atoms with Crippen LogP contribution in [0.25, 0.3) is 10.6 Å². The summed E-state index contributed by atoms with van der Waals surface area (Å²) in [6, 6.07) is 9.88. The number of rotatable bonds is 2. The van der Waals surface area contributed by atoms with Crippen LogP contribution in [0.3, 0.4) is 0 Å². The van der Waals surface area contributed by atoms with Crippen molar-refractivity contribution < 1.29 is 9.53 Å². The summed E-state index contributed by atoms with van der Waals surface area (Å²) >= 11 is 1.44. The van der Waals surface area contributed by atoms with E-state index in [0.29, 0.717) is 0 Å². The minimum absolute atomic E-state index is 0.455. The van der Waals surface area contributed by atoms with Gasteiger partial charge in [-0.3, -0.25) is 5.32 Å². The Morgan fingerprint density at radius 2 is 1.90 bits per heavy atom. The summed E-state index contributed by atoms with van der Waals surface area (Å²) in [6.45, 7) is 7.38. The van der Waals surface area contributed by atoms with Crippen LogP contribution in [0.2, 0.25) is 0 Å². The molecule has 0 saturated heterocycles. The van der Waals surface area contributed by atoms with Crippen LogP contribution in [-0.2, 0) is 4.74 Å². The summed E-state index contributed by atoms with van der Waals surface area (Å²) < 4.78 is 5.24. The monoisotopic (exact) mass is 290 g/mol. The molecule has 0 aliphatic carbocycles. The minimum Gasteiger partial charge on any atom is -0.444 e. The van der Waals surface area contributed by atoms with E-state index in [4.69, 9.17) is 4.74 Å². The number of carbonyl (C=O) groups excluding carboxylic acids is 1. The quantitative estimate of drug-likeness (QED) is 0.888. The average molecular weight is 290 g/mol. The van der Waals surface area contributed by atoms with Gasteiger partial charge in [0.25, 0.3) is 0 Å². The van der Waals surface area contributed by atoms with Gasteiger partial charge in [-0.15, -0.1) is 0 Å². The molecule has 0 spiro atoms. The van der Waals surface area contributed by atoms with E-state index in [1.165, 1.54) is 11.3 Å². The second-order valence-electron chi connectivity index (χ2n) is 5.43. The highest BCUT2D eigenvalue weighted by Crippen LogP contribution is 2.31. The third-order valence-corrected chi connectivity index (χ3v) is 3.55. The fourth-order valence-electron chi connectivity index (χ4n) is 1.61. The maximum Gasteiger partial charge on any atom is 0.412 e. The van der Waals surface area contributed by atoms with Gasteiger partial charge in [-0.25, -0.2) is 9.78 Å². The number of nitrogens with zero attached hydrogens (tertiary/aromatic N) is 1. The Labute approximate surface area is 122 Å². The zero-order valence-corrected chi connectivity index (χ0v) is 12.9. The molecule has 1 N–H and O–H groups in total. The van der Waals surface area contributed by atoms with Crippen LogP contribution >= 0.6 is 11.3 Å². The number of thiazole rings is 1. The van der Waals surface area contributed by atoms with Gasteiger partial charge in [-0.1, -0.05) is 41.7 Å². The average Bonchev–Trinajstić information content (AvgIpc) is 2.70. The molecule has 0 aliphatic heterocycles. The first kappa shape index (κ1) is 14.5. The summed E-state index contributed by atoms with van der Waals surface area (Å²) in [5, 5.41) is 4.36. The summed E-state index contributed by atoms with van der Waals surface area (Å²) in [6.07, 6.45) is -0.455. The maximum atomic E-state index is 11.8. The van der Waals surface area contributed by atoms with Crippen molar-refractivity contribution in [2.24, 2.45) is 0 Å². The van der Waals surface area contributed by atoms with Crippen molar-refractivity contribution >= 4 is 22.4 Å². The molecule has 0 aliphatic rings. The van der Waals surface area contributed by atoms with Gasteiger partial charge in [-0.05, 0) is 27.7 Å². The molecule has 2 aromatic rings. The first-order chi connectivity index (χ1) is 9.35. The molecule has 0 unspecified atom stereocenters. The Kier molecular flexibility index (Phi) is 4.09. The predicted octanol–water partition coefficient (Wildman–Crippen LogP) is 4.47. The Morgan fingerprint density at radius 3 is 2.50 bits per heavy atom. The number of nitrogens with one attached hydrogen (secondary N) is 1. The van der Waals surface area contributed by atoms with Gasteiger partial charge in [0.15, 0.2) is 0 Å². The van der Waals surface area contributed by atoms with E-state index in [1.54, 1.807) is 0 Å². The smallest absolute Gasteiger partial charge is 0.412 e. The van der Waals surface area contributed by atoms with Crippen LogP contribution in [0.1, 0.15) is 26.5 Å². The molecule has 1 aromatic carbocycles. The second-order valence-corrected chi connectivity index (χ2v) is 6.43. The lowest BCUT2D eigenvalue weighted by Crippen LogP contribution is -2.27. The van der Waals surface area contributed by atoms with E-state index in [2.05, 4.69) is 10.3 Å². The molecular weight excluding hydrogens is 272 g/mol. The molecule has 106 valence electrons. The molecule has 1 aromatic heterocycles. The Morgan fingerprint density at radius 1 is 1.25 bits per heavy atom. The van der Waals surface area contributed by atoms with E-state index in [9.17, 15) is 4.79 Å². The molecule has 4 nitrogen and oxygen atoms in total. The van der Waals surface area contributed by atoms with Crippen LogP contribution in [-0.4, -0.2) is 16.7 Å². The number of benzene rings is 1. The van der Waals surface area contributed by atoms with Crippen molar-refractivity contribution in [2.75, 3.05) is 5.32 Å². The normalized spacial score (nSPS) is 11.2. The Bertz CT molecular complexity index is 600. The molecule has 0 bridgehead atoms. The standard InChI is InChI=1S/C15H18N2O2S/c1-10-12(17-14(18)19-15(2,3)4)20-13(16-10)11-8-6-5-7-9-11/h5-9H,1-4H3,(H,17,18). The number of hydrogen-bond donors (Lipinski definition) is 1. The largest absolute Gasteiger partial charge is 0.444 e. The van der Waals surface area contributed by atoms with E-state index in [0.717, 1.165) is 21.3 Å². The molecule has 0 fully saturated rings. The van der Waals surface area contributed by atoms with Crippen molar-refractivity contribution in [1.82, 2.24) is 4.98 Å². The van der Waals surface area contributed by atoms with E-state index in [-0.39, 0.29) is 0 Å². The second kappa shape index (κ2) is 5.63. The summed E-state index contributed by atoms with van der Waals surface area (Å²) in [4.78, 5) is 16.3. The molecule has 1 heterocycles. The van der Waals surface area contributed by atoms with Crippen molar-refractivity contribution in [3.05, 3.63) is 36.0 Å². The molecular formula is C15H18N2O2S. The van der Waals surface area contributed by atoms with Crippen LogP contribution in [0.5, 0.6) is 0 Å². The van der Waals surface area contributed by atoms with Gasteiger partial charge in [0.2, 0.25) is 0 Å². The maximum absolute atomic E-state index is 11.8. The fraction of sp³-hybridized carbons (Fsp3) is 0.333. The third kappa shape index (κ3) is 3.81. The van der Waals surface area contributed by atoms with Gasteiger partial charge in [-0.2, -0.15) is 0 Å². The molecule has 0 atom stereocenters. The molecule has 0 saturated carbocycles. The number of amides is 1. The molecule has 20 heavy (non-hydrogen) atoms. The number of ether oxygens (including phenoxy) is 1. The zero-order valence-electron chi connectivity index (χ0n) is 12.1. The third-order valence-electron chi connectivity index (χ3n) is 2.43. The van der Waals surface area contributed by atoms with Gasteiger partial charge in [0, 0.05) is 5.56 Å². The minimum atomic E-state index is -0.509. The lowest BCUT2D eigenvalue weighted by atomic mass is 10.2. The summed E-state index contributed by atoms with van der Waals surface area (Å²) in [5.74, 6) is 0. The summed E-state index contributed by atoms with van der Waals surface area (Å²) in [5.41, 5.74) is 1.32. The van der Waals surface area contributed by atoms with Crippen molar-refractivity contribution in [2.45, 2.75) is 33.3 Å². The molecule has 5 heteroatoms. The highest BCUT2D eigenvalue weighted by molar-refractivity contribution is 7.19. The van der Waals surface area contributed by atoms with E-state index in [1.807, 2.05) is 58.0 Å². The summed E-state index contributed by atoms with van der Waals surface area (Å²) in [7, 11) is 0. The van der Waals surface area contributed by atoms with Crippen LogP contribution in [0.15, 0.2) is 30.3 Å². The SMILES string of the molecule is Cc1nc(-c2ccccc2)sc1NC(=O)OC(C)(C)C.